The number of fused-ring (bicyclic) bond motifs is 1. The number of nitriles is 1. The van der Waals surface area contributed by atoms with Gasteiger partial charge in [-0.15, -0.1) is 0 Å². The summed E-state index contributed by atoms with van der Waals surface area (Å²) in [5, 5.41) is 19.6. The van der Waals surface area contributed by atoms with Crippen molar-refractivity contribution in [2.75, 3.05) is 0 Å². The molecule has 1 heterocycles. The van der Waals surface area contributed by atoms with Gasteiger partial charge >= 0.3 is 0 Å². The minimum absolute atomic E-state index is 0.187. The van der Waals surface area contributed by atoms with Crippen LogP contribution in [-0.4, -0.2) is 10.1 Å². The Bertz CT molecular complexity index is 889. The minimum atomic E-state index is -0.187. The summed E-state index contributed by atoms with van der Waals surface area (Å²) in [7, 11) is 0. The van der Waals surface area contributed by atoms with E-state index in [1.54, 1.807) is 12.1 Å². The highest BCUT2D eigenvalue weighted by Crippen LogP contribution is 2.31. The van der Waals surface area contributed by atoms with Gasteiger partial charge in [-0.05, 0) is 11.6 Å². The average Bonchev–Trinajstić information content (AvgIpc) is 2.60. The standard InChI is InChI=1S/C18H13ClN2O2/c19-18-14(8-20)9-21-16-7-17(13(10-22)6-15(16)18)23-11-12-4-2-1-3-5-12/h1-7,9,22H,10-11H2. The van der Waals surface area contributed by atoms with E-state index in [4.69, 9.17) is 21.6 Å². The quantitative estimate of drug-likeness (QED) is 0.792. The average molecular weight is 325 g/mol. The first kappa shape index (κ1) is 15.3. The van der Waals surface area contributed by atoms with Gasteiger partial charge in [0.25, 0.3) is 0 Å². The maximum Gasteiger partial charge on any atom is 0.127 e. The highest BCUT2D eigenvalue weighted by Gasteiger charge is 2.12. The molecule has 1 N–H and O–H groups in total. The Morgan fingerprint density at radius 3 is 2.70 bits per heavy atom. The second-order valence-electron chi connectivity index (χ2n) is 5.01. The van der Waals surface area contributed by atoms with Crippen LogP contribution in [0.15, 0.2) is 48.7 Å². The molecular weight excluding hydrogens is 312 g/mol. The molecule has 1 aromatic heterocycles. The molecule has 2 aromatic carbocycles. The molecule has 3 rings (SSSR count). The zero-order valence-corrected chi connectivity index (χ0v) is 12.9. The van der Waals surface area contributed by atoms with Crippen LogP contribution in [0.1, 0.15) is 16.7 Å². The van der Waals surface area contributed by atoms with Crippen LogP contribution in [-0.2, 0) is 13.2 Å². The van der Waals surface area contributed by atoms with Gasteiger partial charge in [0, 0.05) is 23.2 Å². The van der Waals surface area contributed by atoms with Crippen LogP contribution in [0.2, 0.25) is 5.02 Å². The number of hydrogen-bond donors (Lipinski definition) is 1. The lowest BCUT2D eigenvalue weighted by Gasteiger charge is -2.12. The third-order valence-corrected chi connectivity index (χ3v) is 3.92. The first-order valence-electron chi connectivity index (χ1n) is 7.01. The Labute approximate surface area is 138 Å². The van der Waals surface area contributed by atoms with Crippen LogP contribution < -0.4 is 4.74 Å². The van der Waals surface area contributed by atoms with E-state index in [1.165, 1.54) is 6.20 Å². The Kier molecular flexibility index (Phi) is 4.42. The van der Waals surface area contributed by atoms with Crippen molar-refractivity contribution in [1.82, 2.24) is 4.98 Å². The van der Waals surface area contributed by atoms with Gasteiger partial charge in [-0.1, -0.05) is 41.9 Å². The third-order valence-electron chi connectivity index (χ3n) is 3.51. The lowest BCUT2D eigenvalue weighted by atomic mass is 10.1. The highest BCUT2D eigenvalue weighted by molar-refractivity contribution is 6.36. The van der Waals surface area contributed by atoms with E-state index in [1.807, 2.05) is 36.4 Å². The number of aliphatic hydroxyl groups excluding tert-OH is 1. The zero-order valence-electron chi connectivity index (χ0n) is 12.2. The van der Waals surface area contributed by atoms with Gasteiger partial charge in [0.2, 0.25) is 0 Å². The molecule has 0 bridgehead atoms. The number of hydrogen-bond acceptors (Lipinski definition) is 4. The molecular formula is C18H13ClN2O2. The molecule has 23 heavy (non-hydrogen) atoms. The van der Waals surface area contributed by atoms with E-state index in [-0.39, 0.29) is 6.61 Å². The molecule has 0 unspecified atom stereocenters. The molecule has 0 amide bonds. The summed E-state index contributed by atoms with van der Waals surface area (Å²) < 4.78 is 5.81. The molecule has 4 nitrogen and oxygen atoms in total. The lowest BCUT2D eigenvalue weighted by molar-refractivity contribution is 0.259. The van der Waals surface area contributed by atoms with Gasteiger partial charge < -0.3 is 9.84 Å². The Morgan fingerprint density at radius 1 is 1.22 bits per heavy atom. The third kappa shape index (κ3) is 3.11. The smallest absolute Gasteiger partial charge is 0.127 e. The molecule has 0 spiro atoms. The number of ether oxygens (including phenoxy) is 1. The van der Waals surface area contributed by atoms with Crippen LogP contribution >= 0.6 is 11.6 Å². The molecule has 0 radical (unpaired) electrons. The van der Waals surface area contributed by atoms with Crippen LogP contribution in [0.4, 0.5) is 0 Å². The Morgan fingerprint density at radius 2 is 2.00 bits per heavy atom. The van der Waals surface area contributed by atoms with Crippen molar-refractivity contribution < 1.29 is 9.84 Å². The van der Waals surface area contributed by atoms with Crippen molar-refractivity contribution in [3.63, 3.8) is 0 Å². The van der Waals surface area contributed by atoms with E-state index in [0.29, 0.717) is 39.4 Å². The number of benzene rings is 2. The fraction of sp³-hybridized carbons (Fsp3) is 0.111. The maximum absolute atomic E-state index is 9.58. The maximum atomic E-state index is 9.58. The van der Waals surface area contributed by atoms with Crippen LogP contribution in [0.5, 0.6) is 5.75 Å². The summed E-state index contributed by atoms with van der Waals surface area (Å²) in [6, 6.07) is 15.2. The number of nitrogens with zero attached hydrogens (tertiary/aromatic N) is 2. The molecule has 0 saturated carbocycles. The predicted molar refractivity (Wildman–Crippen MR) is 88.2 cm³/mol. The van der Waals surface area contributed by atoms with Crippen molar-refractivity contribution >= 4 is 22.5 Å². The highest BCUT2D eigenvalue weighted by atomic mass is 35.5. The van der Waals surface area contributed by atoms with E-state index in [2.05, 4.69) is 4.98 Å². The summed E-state index contributed by atoms with van der Waals surface area (Å²) >= 11 is 6.21. The summed E-state index contributed by atoms with van der Waals surface area (Å²) in [6.07, 6.45) is 1.43. The van der Waals surface area contributed by atoms with Crippen molar-refractivity contribution in [3.8, 4) is 11.8 Å². The molecule has 0 atom stereocenters. The molecule has 114 valence electrons. The summed E-state index contributed by atoms with van der Waals surface area (Å²) in [5.74, 6) is 0.553. The number of rotatable bonds is 4. The molecule has 5 heteroatoms. The summed E-state index contributed by atoms with van der Waals surface area (Å²) in [5.41, 5.74) is 2.56. The number of aromatic nitrogens is 1. The van der Waals surface area contributed by atoms with Crippen molar-refractivity contribution in [2.45, 2.75) is 13.2 Å². The summed E-state index contributed by atoms with van der Waals surface area (Å²) in [6.45, 7) is 0.205. The largest absolute Gasteiger partial charge is 0.488 e. The van der Waals surface area contributed by atoms with Gasteiger partial charge in [-0.25, -0.2) is 0 Å². The first-order chi connectivity index (χ1) is 11.2. The second kappa shape index (κ2) is 6.66. The van der Waals surface area contributed by atoms with Gasteiger partial charge in [-0.2, -0.15) is 5.26 Å². The van der Waals surface area contributed by atoms with E-state index in [9.17, 15) is 5.11 Å². The van der Waals surface area contributed by atoms with Crippen molar-refractivity contribution in [1.29, 1.82) is 5.26 Å². The molecule has 0 fully saturated rings. The fourth-order valence-corrected chi connectivity index (χ4v) is 2.55. The number of aliphatic hydroxyl groups is 1. The predicted octanol–water partition coefficient (Wildman–Crippen LogP) is 3.83. The van der Waals surface area contributed by atoms with Gasteiger partial charge in [0.1, 0.15) is 18.4 Å². The number of halogens is 1. The van der Waals surface area contributed by atoms with Gasteiger partial charge in [0.05, 0.1) is 22.7 Å². The van der Waals surface area contributed by atoms with Gasteiger partial charge in [-0.3, -0.25) is 4.98 Å². The zero-order chi connectivity index (χ0) is 16.2. The van der Waals surface area contributed by atoms with E-state index >= 15 is 0 Å². The van der Waals surface area contributed by atoms with Crippen molar-refractivity contribution in [3.05, 3.63) is 70.4 Å². The van der Waals surface area contributed by atoms with E-state index in [0.717, 1.165) is 5.56 Å². The van der Waals surface area contributed by atoms with Crippen LogP contribution in [0, 0.1) is 11.3 Å². The molecule has 0 aliphatic carbocycles. The van der Waals surface area contributed by atoms with E-state index < -0.39 is 0 Å². The monoisotopic (exact) mass is 324 g/mol. The Balaban J connectivity index is 1.99. The molecule has 3 aromatic rings. The van der Waals surface area contributed by atoms with Gasteiger partial charge in [0.15, 0.2) is 0 Å². The topological polar surface area (TPSA) is 66.1 Å². The normalized spacial score (nSPS) is 10.5. The summed E-state index contributed by atoms with van der Waals surface area (Å²) in [4.78, 5) is 4.24. The lowest BCUT2D eigenvalue weighted by Crippen LogP contribution is -1.99. The molecule has 0 saturated heterocycles. The Hall–Kier alpha value is -2.61. The molecule has 0 aliphatic rings. The van der Waals surface area contributed by atoms with Crippen LogP contribution in [0.3, 0.4) is 0 Å². The number of pyridine rings is 1. The molecule has 0 aliphatic heterocycles. The SMILES string of the molecule is N#Cc1cnc2cc(OCc3ccccc3)c(CO)cc2c1Cl. The second-order valence-corrected chi connectivity index (χ2v) is 5.39. The van der Waals surface area contributed by atoms with Crippen molar-refractivity contribution in [2.24, 2.45) is 0 Å². The minimum Gasteiger partial charge on any atom is -0.488 e. The first-order valence-corrected chi connectivity index (χ1v) is 7.39. The fourth-order valence-electron chi connectivity index (χ4n) is 2.30. The van der Waals surface area contributed by atoms with Crippen LogP contribution in [0.25, 0.3) is 10.9 Å².